The maximum Gasteiger partial charge on any atom is 0.224 e. The summed E-state index contributed by atoms with van der Waals surface area (Å²) in [6.45, 7) is 2.44. The molecule has 0 aliphatic heterocycles. The molecule has 96 valence electrons. The molecule has 18 heavy (non-hydrogen) atoms. The fourth-order valence-electron chi connectivity index (χ4n) is 1.69. The number of carbonyl (C=O) groups is 1. The van der Waals surface area contributed by atoms with Crippen molar-refractivity contribution < 1.29 is 4.79 Å². The van der Waals surface area contributed by atoms with Gasteiger partial charge in [0.05, 0.1) is 6.42 Å². The summed E-state index contributed by atoms with van der Waals surface area (Å²) >= 11 is 0. The maximum absolute atomic E-state index is 11.7. The molecule has 0 saturated carbocycles. The fourth-order valence-corrected chi connectivity index (χ4v) is 1.69. The topological polar surface area (TPSA) is 77.9 Å². The fraction of sp³-hybridized carbons (Fsp3) is 0.462. The third-order valence-corrected chi connectivity index (χ3v) is 2.57. The Labute approximate surface area is 107 Å². The summed E-state index contributed by atoms with van der Waals surface area (Å²) in [5.41, 5.74) is 9.14. The Bertz CT molecular complexity index is 412. The minimum atomic E-state index is 0.0254. The molecule has 1 amide bonds. The normalized spacial score (nSPS) is 11.4. The number of amides is 1. The first kappa shape index (κ1) is 14.1. The Morgan fingerprint density at radius 2 is 2.17 bits per heavy atom. The molecule has 0 radical (unpaired) electrons. The van der Waals surface area contributed by atoms with Gasteiger partial charge in [0.2, 0.25) is 5.91 Å². The lowest BCUT2D eigenvalue weighted by Crippen LogP contribution is -2.33. The van der Waals surface area contributed by atoms with E-state index in [2.05, 4.69) is 15.3 Å². The van der Waals surface area contributed by atoms with Gasteiger partial charge in [0, 0.05) is 17.5 Å². The van der Waals surface area contributed by atoms with Crippen molar-refractivity contribution >= 4 is 5.91 Å². The molecule has 0 aliphatic rings. The molecule has 5 heteroatoms. The maximum atomic E-state index is 11.7. The molecule has 0 bridgehead atoms. The molecule has 0 fully saturated rings. The van der Waals surface area contributed by atoms with E-state index in [9.17, 15) is 4.79 Å². The van der Waals surface area contributed by atoms with Gasteiger partial charge in [-0.1, -0.05) is 35.4 Å². The predicted molar refractivity (Wildman–Crippen MR) is 71.0 cm³/mol. The van der Waals surface area contributed by atoms with E-state index in [4.69, 9.17) is 5.53 Å². The third-order valence-electron chi connectivity index (χ3n) is 2.57. The monoisotopic (exact) mass is 246 g/mol. The number of rotatable bonds is 7. The van der Waals surface area contributed by atoms with Crippen molar-refractivity contribution in [1.29, 1.82) is 0 Å². The molecule has 0 aliphatic carbocycles. The lowest BCUT2D eigenvalue weighted by Gasteiger charge is -2.13. The largest absolute Gasteiger partial charge is 0.353 e. The molecule has 1 aromatic carbocycles. The van der Waals surface area contributed by atoms with Crippen LogP contribution in [-0.2, 0) is 11.2 Å². The Morgan fingerprint density at radius 1 is 1.44 bits per heavy atom. The molecular weight excluding hydrogens is 228 g/mol. The standard InChI is InChI=1S/C13H18N4O/c1-11(6-5-9-15-17-14)16-13(18)10-12-7-3-2-4-8-12/h2-4,7-8,11H,5-6,9-10H2,1H3,(H,16,18). The van der Waals surface area contributed by atoms with Gasteiger partial charge in [0.1, 0.15) is 0 Å². The molecule has 1 unspecified atom stereocenters. The van der Waals surface area contributed by atoms with Crippen LogP contribution in [0.3, 0.4) is 0 Å². The molecule has 5 nitrogen and oxygen atoms in total. The number of hydrogen-bond acceptors (Lipinski definition) is 2. The molecular formula is C13H18N4O. The Balaban J connectivity index is 2.25. The van der Waals surface area contributed by atoms with Crippen LogP contribution in [0, 0.1) is 0 Å². The number of benzene rings is 1. The average molecular weight is 246 g/mol. The molecule has 0 aromatic heterocycles. The van der Waals surface area contributed by atoms with Crippen molar-refractivity contribution in [2.75, 3.05) is 6.54 Å². The summed E-state index contributed by atoms with van der Waals surface area (Å²) in [4.78, 5) is 14.4. The smallest absolute Gasteiger partial charge is 0.224 e. The highest BCUT2D eigenvalue weighted by molar-refractivity contribution is 5.78. The Hall–Kier alpha value is -2.00. The van der Waals surface area contributed by atoms with Gasteiger partial charge in [-0.25, -0.2) is 0 Å². The van der Waals surface area contributed by atoms with E-state index in [1.165, 1.54) is 0 Å². The highest BCUT2D eigenvalue weighted by Gasteiger charge is 2.07. The average Bonchev–Trinajstić information content (AvgIpc) is 2.35. The Morgan fingerprint density at radius 3 is 2.83 bits per heavy atom. The molecule has 1 atom stereocenters. The van der Waals surface area contributed by atoms with Crippen molar-refractivity contribution in [3.05, 3.63) is 46.3 Å². The minimum absolute atomic E-state index is 0.0254. The summed E-state index contributed by atoms with van der Waals surface area (Å²) < 4.78 is 0. The van der Waals surface area contributed by atoms with Crippen LogP contribution in [0.5, 0.6) is 0 Å². The zero-order chi connectivity index (χ0) is 13.2. The quantitative estimate of drug-likeness (QED) is 0.341. The van der Waals surface area contributed by atoms with Gasteiger partial charge in [0.15, 0.2) is 0 Å². The van der Waals surface area contributed by atoms with Crippen LogP contribution >= 0.6 is 0 Å². The van der Waals surface area contributed by atoms with Crippen molar-refractivity contribution in [3.63, 3.8) is 0 Å². The summed E-state index contributed by atoms with van der Waals surface area (Å²) in [7, 11) is 0. The second-order valence-electron chi connectivity index (χ2n) is 4.23. The van der Waals surface area contributed by atoms with Gasteiger partial charge in [-0.15, -0.1) is 0 Å². The number of azide groups is 1. The number of carbonyl (C=O) groups excluding carboxylic acids is 1. The number of hydrogen-bond donors (Lipinski definition) is 1. The highest BCUT2D eigenvalue weighted by atomic mass is 16.1. The summed E-state index contributed by atoms with van der Waals surface area (Å²) in [6.07, 6.45) is 2.01. The van der Waals surface area contributed by atoms with Crippen molar-refractivity contribution in [1.82, 2.24) is 5.32 Å². The van der Waals surface area contributed by atoms with Crippen molar-refractivity contribution in [3.8, 4) is 0 Å². The highest BCUT2D eigenvalue weighted by Crippen LogP contribution is 2.01. The molecule has 1 rings (SSSR count). The first-order valence-electron chi connectivity index (χ1n) is 6.06. The molecule has 0 spiro atoms. The van der Waals surface area contributed by atoms with Crippen LogP contribution in [0.25, 0.3) is 10.4 Å². The second-order valence-corrected chi connectivity index (χ2v) is 4.23. The van der Waals surface area contributed by atoms with Gasteiger partial charge in [-0.05, 0) is 30.9 Å². The lowest BCUT2D eigenvalue weighted by atomic mass is 10.1. The second kappa shape index (κ2) is 8.14. The SMILES string of the molecule is CC(CCCN=[N+]=[N-])NC(=O)Cc1ccccc1. The summed E-state index contributed by atoms with van der Waals surface area (Å²) in [6, 6.07) is 9.75. The lowest BCUT2D eigenvalue weighted by molar-refractivity contribution is -0.121. The minimum Gasteiger partial charge on any atom is -0.353 e. The van der Waals surface area contributed by atoms with E-state index in [-0.39, 0.29) is 11.9 Å². The van der Waals surface area contributed by atoms with Gasteiger partial charge in [0.25, 0.3) is 0 Å². The zero-order valence-corrected chi connectivity index (χ0v) is 10.5. The molecule has 1 aromatic rings. The van der Waals surface area contributed by atoms with Gasteiger partial charge in [-0.3, -0.25) is 4.79 Å². The zero-order valence-electron chi connectivity index (χ0n) is 10.5. The molecule has 1 N–H and O–H groups in total. The van der Waals surface area contributed by atoms with Crippen LogP contribution in [0.1, 0.15) is 25.3 Å². The van der Waals surface area contributed by atoms with Crippen LogP contribution < -0.4 is 5.32 Å². The van der Waals surface area contributed by atoms with Crippen LogP contribution in [0.2, 0.25) is 0 Å². The first-order chi connectivity index (χ1) is 8.72. The van der Waals surface area contributed by atoms with Crippen molar-refractivity contribution in [2.24, 2.45) is 5.11 Å². The van der Waals surface area contributed by atoms with Crippen LogP contribution in [-0.4, -0.2) is 18.5 Å². The molecule has 0 heterocycles. The first-order valence-corrected chi connectivity index (χ1v) is 6.06. The van der Waals surface area contributed by atoms with E-state index < -0.39 is 0 Å². The predicted octanol–water partition coefficient (Wildman–Crippen LogP) is 2.82. The van der Waals surface area contributed by atoms with E-state index in [0.29, 0.717) is 13.0 Å². The van der Waals surface area contributed by atoms with Crippen LogP contribution in [0.4, 0.5) is 0 Å². The number of nitrogens with zero attached hydrogens (tertiary/aromatic N) is 3. The van der Waals surface area contributed by atoms with Gasteiger partial charge in [-0.2, -0.15) is 0 Å². The van der Waals surface area contributed by atoms with Gasteiger partial charge < -0.3 is 5.32 Å². The Kier molecular flexibility index (Phi) is 6.36. The van der Waals surface area contributed by atoms with E-state index in [1.807, 2.05) is 37.3 Å². The molecule has 0 saturated heterocycles. The number of nitrogens with one attached hydrogen (secondary N) is 1. The van der Waals surface area contributed by atoms with Gasteiger partial charge >= 0.3 is 0 Å². The summed E-state index contributed by atoms with van der Waals surface area (Å²) in [5.74, 6) is 0.0254. The van der Waals surface area contributed by atoms with Crippen LogP contribution in [0.15, 0.2) is 35.4 Å². The van der Waals surface area contributed by atoms with Crippen molar-refractivity contribution in [2.45, 2.75) is 32.2 Å². The third kappa shape index (κ3) is 5.92. The van der Waals surface area contributed by atoms with E-state index in [1.54, 1.807) is 0 Å². The summed E-state index contributed by atoms with van der Waals surface area (Å²) in [5, 5.41) is 6.39. The van der Waals surface area contributed by atoms with E-state index in [0.717, 1.165) is 18.4 Å². The van der Waals surface area contributed by atoms with E-state index >= 15 is 0 Å².